The van der Waals surface area contributed by atoms with Gasteiger partial charge in [-0.25, -0.2) is 9.89 Å². The zero-order valence-corrected chi connectivity index (χ0v) is 11.9. The Balaban J connectivity index is 1.90. The second-order valence-electron chi connectivity index (χ2n) is 4.96. The van der Waals surface area contributed by atoms with E-state index >= 15 is 0 Å². The van der Waals surface area contributed by atoms with Gasteiger partial charge in [0.1, 0.15) is 0 Å². The third-order valence-electron chi connectivity index (χ3n) is 3.55. The van der Waals surface area contributed by atoms with Gasteiger partial charge in [-0.1, -0.05) is 11.6 Å². The van der Waals surface area contributed by atoms with Crippen molar-refractivity contribution in [3.8, 4) is 0 Å². The summed E-state index contributed by atoms with van der Waals surface area (Å²) in [7, 11) is 0. The number of carbonyl (C=O) groups is 1. The van der Waals surface area contributed by atoms with Crippen LogP contribution >= 0.6 is 11.6 Å². The largest absolute Gasteiger partial charge is 0.340 e. The number of piperidine rings is 1. The Hall–Kier alpha value is -2.15. The number of halogens is 1. The number of H-pyrrole nitrogens is 2. The maximum absolute atomic E-state index is 12.6. The minimum atomic E-state index is -0.368. The summed E-state index contributed by atoms with van der Waals surface area (Å²) in [5, 5.41) is 6.72. The molecule has 0 aromatic carbocycles. The van der Waals surface area contributed by atoms with Crippen LogP contribution in [0.2, 0.25) is 5.02 Å². The molecule has 1 aliphatic heterocycles. The summed E-state index contributed by atoms with van der Waals surface area (Å²) in [6, 6.07) is 1.36. The number of nitrogens with one attached hydrogen (secondary N) is 2. The van der Waals surface area contributed by atoms with E-state index in [2.05, 4.69) is 20.2 Å². The predicted molar refractivity (Wildman–Crippen MR) is 76.1 cm³/mol. The summed E-state index contributed by atoms with van der Waals surface area (Å²) < 4.78 is 0. The molecule has 2 aromatic heterocycles. The van der Waals surface area contributed by atoms with Crippen molar-refractivity contribution in [2.24, 2.45) is 0 Å². The van der Waals surface area contributed by atoms with Crippen LogP contribution in [-0.2, 0) is 0 Å². The third kappa shape index (κ3) is 2.82. The highest BCUT2D eigenvalue weighted by atomic mass is 35.5. The SMILES string of the molecule is O=C(c1cncc(Cl)c1)N1CCCC[C@@H]1c1n[nH]c(=O)[nH]1. The molecule has 2 N–H and O–H groups in total. The van der Waals surface area contributed by atoms with Gasteiger partial charge >= 0.3 is 5.69 Å². The smallest absolute Gasteiger partial charge is 0.328 e. The third-order valence-corrected chi connectivity index (χ3v) is 3.76. The van der Waals surface area contributed by atoms with Gasteiger partial charge in [0.05, 0.1) is 16.6 Å². The molecule has 1 atom stereocenters. The summed E-state index contributed by atoms with van der Waals surface area (Å²) in [5.74, 6) is 0.335. The quantitative estimate of drug-likeness (QED) is 0.879. The number of likely N-dealkylation sites (tertiary alicyclic amines) is 1. The average molecular weight is 308 g/mol. The number of amides is 1. The van der Waals surface area contributed by atoms with Crippen LogP contribution in [0.4, 0.5) is 0 Å². The van der Waals surface area contributed by atoms with Crippen molar-refractivity contribution in [2.75, 3.05) is 6.54 Å². The lowest BCUT2D eigenvalue weighted by Crippen LogP contribution is -2.39. The molecule has 1 aliphatic rings. The lowest BCUT2D eigenvalue weighted by molar-refractivity contribution is 0.0600. The fraction of sp³-hybridized carbons (Fsp3) is 0.385. The Bertz CT molecular complexity index is 710. The van der Waals surface area contributed by atoms with Crippen molar-refractivity contribution in [1.82, 2.24) is 25.1 Å². The Morgan fingerprint density at radius 1 is 1.38 bits per heavy atom. The van der Waals surface area contributed by atoms with E-state index < -0.39 is 0 Å². The van der Waals surface area contributed by atoms with E-state index in [1.165, 1.54) is 12.4 Å². The number of aromatic nitrogens is 4. The van der Waals surface area contributed by atoms with Gasteiger partial charge in [-0.15, -0.1) is 0 Å². The van der Waals surface area contributed by atoms with Gasteiger partial charge in [-0.05, 0) is 25.3 Å². The van der Waals surface area contributed by atoms with Crippen molar-refractivity contribution in [3.05, 3.63) is 45.4 Å². The van der Waals surface area contributed by atoms with E-state index in [4.69, 9.17) is 11.6 Å². The van der Waals surface area contributed by atoms with E-state index in [1.807, 2.05) is 0 Å². The summed E-state index contributed by atoms with van der Waals surface area (Å²) >= 11 is 5.89. The molecule has 0 radical (unpaired) electrons. The lowest BCUT2D eigenvalue weighted by atomic mass is 10.0. The minimum absolute atomic E-state index is 0.154. The molecular weight excluding hydrogens is 294 g/mol. The van der Waals surface area contributed by atoms with E-state index in [-0.39, 0.29) is 17.6 Å². The molecule has 3 rings (SSSR count). The van der Waals surface area contributed by atoms with Crippen LogP contribution in [0, 0.1) is 0 Å². The number of rotatable bonds is 2. The van der Waals surface area contributed by atoms with E-state index in [0.29, 0.717) is 23.0 Å². The van der Waals surface area contributed by atoms with Crippen LogP contribution in [0.3, 0.4) is 0 Å². The predicted octanol–water partition coefficient (Wildman–Crippen LogP) is 1.51. The highest BCUT2D eigenvalue weighted by molar-refractivity contribution is 6.30. The number of nitrogens with zero attached hydrogens (tertiary/aromatic N) is 3. The van der Waals surface area contributed by atoms with Crippen LogP contribution in [0.1, 0.15) is 41.5 Å². The van der Waals surface area contributed by atoms with Crippen LogP contribution in [0.5, 0.6) is 0 Å². The minimum Gasteiger partial charge on any atom is -0.328 e. The van der Waals surface area contributed by atoms with Crippen LogP contribution in [-0.4, -0.2) is 37.5 Å². The highest BCUT2D eigenvalue weighted by Crippen LogP contribution is 2.29. The molecule has 0 unspecified atom stereocenters. The van der Waals surface area contributed by atoms with Gasteiger partial charge < -0.3 is 4.90 Å². The number of hydrogen-bond acceptors (Lipinski definition) is 4. The monoisotopic (exact) mass is 307 g/mol. The van der Waals surface area contributed by atoms with Crippen LogP contribution in [0.15, 0.2) is 23.3 Å². The van der Waals surface area contributed by atoms with Gasteiger partial charge in [0.15, 0.2) is 5.82 Å². The number of aromatic amines is 2. The van der Waals surface area contributed by atoms with E-state index in [0.717, 1.165) is 19.3 Å². The zero-order chi connectivity index (χ0) is 14.8. The van der Waals surface area contributed by atoms with Crippen LogP contribution in [0.25, 0.3) is 0 Å². The maximum atomic E-state index is 12.6. The summed E-state index contributed by atoms with van der Waals surface area (Å²) in [5.41, 5.74) is 0.0691. The molecule has 7 nitrogen and oxygen atoms in total. The zero-order valence-electron chi connectivity index (χ0n) is 11.2. The van der Waals surface area contributed by atoms with E-state index in [9.17, 15) is 9.59 Å². The average Bonchev–Trinajstić information content (AvgIpc) is 2.93. The topological polar surface area (TPSA) is 94.7 Å². The fourth-order valence-electron chi connectivity index (χ4n) is 2.59. The van der Waals surface area contributed by atoms with Crippen molar-refractivity contribution in [2.45, 2.75) is 25.3 Å². The van der Waals surface area contributed by atoms with Crippen molar-refractivity contribution < 1.29 is 4.79 Å². The molecule has 21 heavy (non-hydrogen) atoms. The van der Waals surface area contributed by atoms with Crippen molar-refractivity contribution in [3.63, 3.8) is 0 Å². The fourth-order valence-corrected chi connectivity index (χ4v) is 2.77. The first-order valence-electron chi connectivity index (χ1n) is 6.71. The molecule has 2 aromatic rings. The molecular formula is C13H14ClN5O2. The molecule has 8 heteroatoms. The molecule has 0 bridgehead atoms. The van der Waals surface area contributed by atoms with Crippen molar-refractivity contribution in [1.29, 1.82) is 0 Å². The maximum Gasteiger partial charge on any atom is 0.340 e. The first kappa shape index (κ1) is 13.8. The van der Waals surface area contributed by atoms with Gasteiger partial charge in [0.2, 0.25) is 0 Å². The van der Waals surface area contributed by atoms with Crippen LogP contribution < -0.4 is 5.69 Å². The molecule has 1 amide bonds. The molecule has 0 aliphatic carbocycles. The van der Waals surface area contributed by atoms with E-state index in [1.54, 1.807) is 11.0 Å². The molecule has 0 saturated carbocycles. The van der Waals surface area contributed by atoms with Crippen molar-refractivity contribution >= 4 is 17.5 Å². The standard InChI is InChI=1S/C13H14ClN5O2/c14-9-5-8(6-15-7-9)12(20)19-4-2-1-3-10(19)11-16-13(21)18-17-11/h5-7,10H,1-4H2,(H2,16,17,18,21)/t10-/m1/s1. The highest BCUT2D eigenvalue weighted by Gasteiger charge is 2.31. The summed E-state index contributed by atoms with van der Waals surface area (Å²) in [4.78, 5) is 32.1. The second-order valence-corrected chi connectivity index (χ2v) is 5.40. The number of pyridine rings is 1. The molecule has 1 fully saturated rings. The Morgan fingerprint density at radius 2 is 2.24 bits per heavy atom. The second kappa shape index (κ2) is 5.69. The first-order chi connectivity index (χ1) is 10.1. The lowest BCUT2D eigenvalue weighted by Gasteiger charge is -2.34. The molecule has 1 saturated heterocycles. The Labute approximate surface area is 125 Å². The molecule has 3 heterocycles. The number of hydrogen-bond donors (Lipinski definition) is 2. The summed E-state index contributed by atoms with van der Waals surface area (Å²) in [6.45, 7) is 0.616. The van der Waals surface area contributed by atoms with Gasteiger partial charge in [-0.3, -0.25) is 14.8 Å². The molecule has 110 valence electrons. The van der Waals surface area contributed by atoms with Gasteiger partial charge in [0.25, 0.3) is 5.91 Å². The number of carbonyl (C=O) groups excluding carboxylic acids is 1. The Kier molecular flexibility index (Phi) is 3.74. The first-order valence-corrected chi connectivity index (χ1v) is 7.09. The van der Waals surface area contributed by atoms with Gasteiger partial charge in [0, 0.05) is 18.9 Å². The normalized spacial score (nSPS) is 18.7. The Morgan fingerprint density at radius 3 is 2.95 bits per heavy atom. The molecule has 0 spiro atoms. The van der Waals surface area contributed by atoms with Gasteiger partial charge in [-0.2, -0.15) is 5.10 Å². The summed E-state index contributed by atoms with van der Waals surface area (Å²) in [6.07, 6.45) is 5.65.